The first-order chi connectivity index (χ1) is 8.79. The monoisotopic (exact) mass is 242 g/mol. The number of hydrogen-bond donors (Lipinski definition) is 2. The summed E-state index contributed by atoms with van der Waals surface area (Å²) in [5.41, 5.74) is 7.00. The molecule has 0 aliphatic heterocycles. The molecule has 1 aliphatic rings. The number of fused-ring (bicyclic) bond motifs is 1. The first kappa shape index (κ1) is 11.4. The highest BCUT2D eigenvalue weighted by Crippen LogP contribution is 2.27. The molecule has 1 aliphatic carbocycles. The van der Waals surface area contributed by atoms with Gasteiger partial charge in [-0.2, -0.15) is 0 Å². The van der Waals surface area contributed by atoms with E-state index in [0.29, 0.717) is 0 Å². The zero-order valence-corrected chi connectivity index (χ0v) is 10.6. The van der Waals surface area contributed by atoms with Crippen molar-refractivity contribution in [3.8, 4) is 0 Å². The van der Waals surface area contributed by atoms with Gasteiger partial charge in [-0.25, -0.2) is 10.4 Å². The summed E-state index contributed by atoms with van der Waals surface area (Å²) >= 11 is 0. The van der Waals surface area contributed by atoms with E-state index in [1.165, 1.54) is 36.0 Å². The number of aryl methyl sites for hydroxylation is 3. The third-order valence-corrected chi connectivity index (χ3v) is 3.74. The van der Waals surface area contributed by atoms with Crippen LogP contribution in [0.4, 0.5) is 0 Å². The van der Waals surface area contributed by atoms with Gasteiger partial charge < -0.3 is 4.57 Å². The molecular formula is C14H18N4. The number of nitrogens with one attached hydrogen (secondary N) is 1. The van der Waals surface area contributed by atoms with Crippen LogP contribution in [-0.2, 0) is 19.9 Å². The van der Waals surface area contributed by atoms with Gasteiger partial charge in [-0.15, -0.1) is 0 Å². The van der Waals surface area contributed by atoms with Crippen LogP contribution >= 0.6 is 0 Å². The molecular weight excluding hydrogens is 224 g/mol. The molecule has 3 rings (SSSR count). The number of nitrogens with zero attached hydrogens (tertiary/aromatic N) is 2. The lowest BCUT2D eigenvalue weighted by Crippen LogP contribution is -2.30. The zero-order chi connectivity index (χ0) is 12.5. The maximum absolute atomic E-state index is 5.71. The lowest BCUT2D eigenvalue weighted by Gasteiger charge is -2.17. The van der Waals surface area contributed by atoms with E-state index >= 15 is 0 Å². The van der Waals surface area contributed by atoms with Crippen LogP contribution in [0.25, 0.3) is 0 Å². The van der Waals surface area contributed by atoms with E-state index in [-0.39, 0.29) is 6.04 Å². The summed E-state index contributed by atoms with van der Waals surface area (Å²) in [7, 11) is 1.99. The van der Waals surface area contributed by atoms with Crippen LogP contribution in [0.1, 0.15) is 35.0 Å². The molecule has 1 heterocycles. The minimum atomic E-state index is -0.0455. The van der Waals surface area contributed by atoms with Gasteiger partial charge in [-0.1, -0.05) is 18.2 Å². The van der Waals surface area contributed by atoms with Crippen molar-refractivity contribution in [1.29, 1.82) is 0 Å². The van der Waals surface area contributed by atoms with Gasteiger partial charge in [0.05, 0.1) is 0 Å². The van der Waals surface area contributed by atoms with Crippen LogP contribution < -0.4 is 11.3 Å². The Hall–Kier alpha value is -1.65. The molecule has 1 unspecified atom stereocenters. The largest absolute Gasteiger partial charge is 0.336 e. The quantitative estimate of drug-likeness (QED) is 0.633. The number of hydrogen-bond acceptors (Lipinski definition) is 3. The second-order valence-electron chi connectivity index (χ2n) is 4.88. The molecule has 0 spiro atoms. The topological polar surface area (TPSA) is 55.9 Å². The van der Waals surface area contributed by atoms with E-state index in [2.05, 4.69) is 28.6 Å². The van der Waals surface area contributed by atoms with Crippen molar-refractivity contribution in [3.63, 3.8) is 0 Å². The summed E-state index contributed by atoms with van der Waals surface area (Å²) in [6, 6.07) is 6.60. The third kappa shape index (κ3) is 1.83. The van der Waals surface area contributed by atoms with Crippen molar-refractivity contribution >= 4 is 0 Å². The zero-order valence-electron chi connectivity index (χ0n) is 10.6. The molecule has 0 fully saturated rings. The smallest absolute Gasteiger partial charge is 0.131 e. The van der Waals surface area contributed by atoms with Gasteiger partial charge in [-0.3, -0.25) is 5.84 Å². The summed E-state index contributed by atoms with van der Waals surface area (Å²) in [5, 5.41) is 0. The van der Waals surface area contributed by atoms with Crippen LogP contribution in [0.2, 0.25) is 0 Å². The number of imidazole rings is 1. The molecule has 1 aromatic heterocycles. The van der Waals surface area contributed by atoms with Gasteiger partial charge in [0.1, 0.15) is 11.9 Å². The lowest BCUT2D eigenvalue weighted by atomic mass is 10.0. The van der Waals surface area contributed by atoms with Gasteiger partial charge in [0.15, 0.2) is 0 Å². The number of aromatic nitrogens is 2. The Bertz CT molecular complexity index is 559. The van der Waals surface area contributed by atoms with E-state index in [0.717, 1.165) is 5.82 Å². The second-order valence-corrected chi connectivity index (χ2v) is 4.88. The summed E-state index contributed by atoms with van der Waals surface area (Å²) in [5.74, 6) is 6.65. The van der Waals surface area contributed by atoms with Crippen LogP contribution in [0, 0.1) is 0 Å². The maximum atomic E-state index is 5.71. The normalized spacial score (nSPS) is 15.7. The minimum Gasteiger partial charge on any atom is -0.336 e. The molecule has 4 nitrogen and oxygen atoms in total. The standard InChI is InChI=1S/C14H18N4/c1-18-8-7-16-14(18)13(17-15)12-6-5-10-3-2-4-11(10)9-12/h5-9,13,17H,2-4,15H2,1H3. The van der Waals surface area contributed by atoms with Gasteiger partial charge in [0.2, 0.25) is 0 Å². The third-order valence-electron chi connectivity index (χ3n) is 3.74. The molecule has 18 heavy (non-hydrogen) atoms. The van der Waals surface area contributed by atoms with E-state index in [4.69, 9.17) is 5.84 Å². The Morgan fingerprint density at radius 1 is 1.33 bits per heavy atom. The predicted molar refractivity (Wildman–Crippen MR) is 70.8 cm³/mol. The highest BCUT2D eigenvalue weighted by atomic mass is 15.3. The van der Waals surface area contributed by atoms with Gasteiger partial charge in [0, 0.05) is 19.4 Å². The Morgan fingerprint density at radius 2 is 2.17 bits per heavy atom. The Kier molecular flexibility index (Phi) is 2.89. The van der Waals surface area contributed by atoms with E-state index in [1.807, 2.05) is 17.8 Å². The molecule has 4 heteroatoms. The Morgan fingerprint density at radius 3 is 2.89 bits per heavy atom. The Balaban J connectivity index is 2.00. The van der Waals surface area contributed by atoms with Crippen LogP contribution in [0.15, 0.2) is 30.6 Å². The lowest BCUT2D eigenvalue weighted by molar-refractivity contribution is 0.579. The molecule has 0 saturated heterocycles. The summed E-state index contributed by atoms with van der Waals surface area (Å²) in [6.45, 7) is 0. The van der Waals surface area contributed by atoms with Crippen molar-refractivity contribution in [2.75, 3.05) is 0 Å². The van der Waals surface area contributed by atoms with Crippen molar-refractivity contribution < 1.29 is 0 Å². The SMILES string of the molecule is Cn1ccnc1C(NN)c1ccc2c(c1)CCC2. The fourth-order valence-electron chi connectivity index (χ4n) is 2.75. The first-order valence-corrected chi connectivity index (χ1v) is 6.34. The van der Waals surface area contributed by atoms with Gasteiger partial charge >= 0.3 is 0 Å². The van der Waals surface area contributed by atoms with Crippen LogP contribution in [-0.4, -0.2) is 9.55 Å². The number of hydrazine groups is 1. The molecule has 0 saturated carbocycles. The average molecular weight is 242 g/mol. The minimum absolute atomic E-state index is 0.0455. The van der Waals surface area contributed by atoms with E-state index < -0.39 is 0 Å². The fourth-order valence-corrected chi connectivity index (χ4v) is 2.75. The number of benzene rings is 1. The van der Waals surface area contributed by atoms with Crippen molar-refractivity contribution in [2.24, 2.45) is 12.9 Å². The summed E-state index contributed by atoms with van der Waals surface area (Å²) < 4.78 is 2.00. The van der Waals surface area contributed by atoms with Crippen molar-refractivity contribution in [1.82, 2.24) is 15.0 Å². The summed E-state index contributed by atoms with van der Waals surface area (Å²) in [6.07, 6.45) is 7.39. The van der Waals surface area contributed by atoms with Crippen LogP contribution in [0.3, 0.4) is 0 Å². The molecule has 1 atom stereocenters. The molecule has 2 aromatic rings. The number of nitrogens with two attached hydrogens (primary N) is 1. The van der Waals surface area contributed by atoms with E-state index in [1.54, 1.807) is 6.20 Å². The van der Waals surface area contributed by atoms with Gasteiger partial charge in [-0.05, 0) is 36.0 Å². The second kappa shape index (κ2) is 4.55. The maximum Gasteiger partial charge on any atom is 0.131 e. The molecule has 0 radical (unpaired) electrons. The molecule has 94 valence electrons. The predicted octanol–water partition coefficient (Wildman–Crippen LogP) is 1.46. The highest BCUT2D eigenvalue weighted by Gasteiger charge is 2.19. The van der Waals surface area contributed by atoms with Crippen LogP contribution in [0.5, 0.6) is 0 Å². The Labute approximate surface area is 107 Å². The molecule has 3 N–H and O–H groups in total. The molecule has 0 bridgehead atoms. The number of rotatable bonds is 3. The van der Waals surface area contributed by atoms with Gasteiger partial charge in [0.25, 0.3) is 0 Å². The molecule has 1 aromatic carbocycles. The van der Waals surface area contributed by atoms with E-state index in [9.17, 15) is 0 Å². The fraction of sp³-hybridized carbons (Fsp3) is 0.357. The van der Waals surface area contributed by atoms with Crippen molar-refractivity contribution in [2.45, 2.75) is 25.3 Å². The highest BCUT2D eigenvalue weighted by molar-refractivity contribution is 5.38. The summed E-state index contributed by atoms with van der Waals surface area (Å²) in [4.78, 5) is 4.38. The average Bonchev–Trinajstić information content (AvgIpc) is 2.99. The molecule has 0 amide bonds. The first-order valence-electron chi connectivity index (χ1n) is 6.34. The van der Waals surface area contributed by atoms with Crippen molar-refractivity contribution in [3.05, 3.63) is 53.1 Å².